The fourth-order valence-corrected chi connectivity index (χ4v) is 1.56. The van der Waals surface area contributed by atoms with Crippen molar-refractivity contribution in [1.82, 2.24) is 0 Å². The zero-order chi connectivity index (χ0) is 16.3. The molecule has 0 aliphatic carbocycles. The van der Waals surface area contributed by atoms with Gasteiger partial charge in [0.25, 0.3) is 0 Å². The minimum atomic E-state index is -0.618. The second kappa shape index (κ2) is 10.8. The van der Waals surface area contributed by atoms with E-state index >= 15 is 0 Å². The highest BCUT2D eigenvalue weighted by molar-refractivity contribution is 6.34. The average Bonchev–Trinajstić information content (AvgIpc) is 2.40. The van der Waals surface area contributed by atoms with Gasteiger partial charge in [0.05, 0.1) is 11.6 Å². The molecule has 21 heavy (non-hydrogen) atoms. The molecule has 0 heterocycles. The molecule has 1 aromatic carbocycles. The number of hydrogen-bond acceptors (Lipinski definition) is 3. The summed E-state index contributed by atoms with van der Waals surface area (Å²) in [4.78, 5) is 22.6. The lowest BCUT2D eigenvalue weighted by Gasteiger charge is -2.03. The van der Waals surface area contributed by atoms with E-state index in [1.807, 2.05) is 19.1 Å². The molecule has 0 aliphatic rings. The molecule has 0 spiro atoms. The second-order valence-electron chi connectivity index (χ2n) is 3.79. The van der Waals surface area contributed by atoms with Crippen LogP contribution in [-0.4, -0.2) is 18.4 Å². The third kappa shape index (κ3) is 8.05. The van der Waals surface area contributed by atoms with Crippen molar-refractivity contribution < 1.29 is 18.7 Å². The summed E-state index contributed by atoms with van der Waals surface area (Å²) in [5.74, 6) is -1.63. The number of rotatable bonds is 5. The molecule has 0 bridgehead atoms. The van der Waals surface area contributed by atoms with Crippen molar-refractivity contribution in [2.24, 2.45) is 0 Å². The van der Waals surface area contributed by atoms with Gasteiger partial charge in [0.1, 0.15) is 12.2 Å². The first-order valence-electron chi connectivity index (χ1n) is 6.33. The van der Waals surface area contributed by atoms with E-state index in [0.29, 0.717) is 0 Å². The third-order valence-electron chi connectivity index (χ3n) is 2.17. The highest BCUT2D eigenvalue weighted by Crippen LogP contribution is 2.18. The molecule has 0 atom stereocenters. The van der Waals surface area contributed by atoms with Crippen LogP contribution in [0, 0.1) is 5.82 Å². The topological polar surface area (TPSA) is 43.4 Å². The van der Waals surface area contributed by atoms with Gasteiger partial charge in [0.2, 0.25) is 0 Å². The number of hydrogen-bond donors (Lipinski definition) is 0. The number of allylic oxidation sites excluding steroid dienone is 3. The quantitative estimate of drug-likeness (QED) is 0.351. The molecule has 3 nitrogen and oxygen atoms in total. The zero-order valence-electron chi connectivity index (χ0n) is 12.1. The molecule has 114 valence electrons. The normalized spacial score (nSPS) is 9.71. The summed E-state index contributed by atoms with van der Waals surface area (Å²) in [6.07, 6.45) is 5.19. The molecule has 0 unspecified atom stereocenters. The number of ketones is 1. The maximum atomic E-state index is 12.7. The van der Waals surface area contributed by atoms with Gasteiger partial charge < -0.3 is 4.74 Å². The van der Waals surface area contributed by atoms with Crippen LogP contribution >= 0.6 is 11.6 Å². The first-order chi connectivity index (χ1) is 9.96. The van der Waals surface area contributed by atoms with Crippen molar-refractivity contribution in [3.05, 3.63) is 59.4 Å². The van der Waals surface area contributed by atoms with Gasteiger partial charge in [-0.3, -0.25) is 9.59 Å². The van der Waals surface area contributed by atoms with Crippen molar-refractivity contribution in [2.45, 2.75) is 20.3 Å². The van der Waals surface area contributed by atoms with Crippen LogP contribution in [0.15, 0.2) is 43.0 Å². The van der Waals surface area contributed by atoms with E-state index in [-0.39, 0.29) is 23.6 Å². The van der Waals surface area contributed by atoms with Crippen LogP contribution in [0.1, 0.15) is 30.6 Å². The molecule has 0 saturated heterocycles. The maximum Gasteiger partial charge on any atom is 0.313 e. The second-order valence-corrected chi connectivity index (χ2v) is 4.20. The first-order valence-corrected chi connectivity index (χ1v) is 6.71. The SMILES string of the molecule is C=C/C=C\C.CCOC(=O)CC(=O)c1ccc(F)cc1Cl. The molecule has 0 amide bonds. The third-order valence-corrected chi connectivity index (χ3v) is 2.48. The van der Waals surface area contributed by atoms with Crippen molar-refractivity contribution in [1.29, 1.82) is 0 Å². The van der Waals surface area contributed by atoms with Crippen LogP contribution in [0.25, 0.3) is 0 Å². The van der Waals surface area contributed by atoms with Crippen molar-refractivity contribution in [3.8, 4) is 0 Å². The number of benzene rings is 1. The van der Waals surface area contributed by atoms with Gasteiger partial charge in [-0.25, -0.2) is 4.39 Å². The molecule has 1 aromatic rings. The van der Waals surface area contributed by atoms with E-state index in [0.717, 1.165) is 12.1 Å². The highest BCUT2D eigenvalue weighted by atomic mass is 35.5. The van der Waals surface area contributed by atoms with E-state index in [1.165, 1.54) is 6.07 Å². The molecular weight excluding hydrogens is 295 g/mol. The summed E-state index contributed by atoms with van der Waals surface area (Å²) in [7, 11) is 0. The number of ether oxygens (including phenoxy) is 1. The van der Waals surface area contributed by atoms with Gasteiger partial charge in [-0.15, -0.1) is 0 Å². The predicted octanol–water partition coefficient (Wildman–Crippen LogP) is 4.36. The summed E-state index contributed by atoms with van der Waals surface area (Å²) in [6.45, 7) is 7.28. The van der Waals surface area contributed by atoms with Gasteiger partial charge in [-0.1, -0.05) is 36.4 Å². The smallest absolute Gasteiger partial charge is 0.313 e. The lowest BCUT2D eigenvalue weighted by molar-refractivity contribution is -0.141. The number of carbonyl (C=O) groups is 2. The lowest BCUT2D eigenvalue weighted by Crippen LogP contribution is -2.11. The highest BCUT2D eigenvalue weighted by Gasteiger charge is 2.15. The van der Waals surface area contributed by atoms with Gasteiger partial charge in [0.15, 0.2) is 5.78 Å². The van der Waals surface area contributed by atoms with Crippen LogP contribution in [0.5, 0.6) is 0 Å². The van der Waals surface area contributed by atoms with Gasteiger partial charge in [-0.2, -0.15) is 0 Å². The van der Waals surface area contributed by atoms with Crippen LogP contribution in [-0.2, 0) is 9.53 Å². The number of halogens is 2. The average molecular weight is 313 g/mol. The Morgan fingerprint density at radius 2 is 2.10 bits per heavy atom. The summed E-state index contributed by atoms with van der Waals surface area (Å²) in [5.41, 5.74) is 0.121. The maximum absolute atomic E-state index is 12.7. The Hall–Kier alpha value is -1.94. The Balaban J connectivity index is 0.000000690. The number of esters is 1. The number of Topliss-reactive ketones (excluding diaryl/α,β-unsaturated/α-hetero) is 1. The minimum absolute atomic E-state index is 0.00528. The minimum Gasteiger partial charge on any atom is -0.466 e. The Morgan fingerprint density at radius 3 is 2.52 bits per heavy atom. The van der Waals surface area contributed by atoms with Gasteiger partial charge >= 0.3 is 5.97 Å². The zero-order valence-corrected chi connectivity index (χ0v) is 12.8. The lowest BCUT2D eigenvalue weighted by atomic mass is 10.1. The molecule has 0 radical (unpaired) electrons. The molecular formula is C16H18ClFO3. The van der Waals surface area contributed by atoms with Gasteiger partial charge in [-0.05, 0) is 32.0 Å². The monoisotopic (exact) mass is 312 g/mol. The van der Waals surface area contributed by atoms with E-state index in [1.54, 1.807) is 13.0 Å². The Bertz CT molecular complexity index is 524. The summed E-state index contributed by atoms with van der Waals surface area (Å²) >= 11 is 5.67. The molecule has 0 aromatic heterocycles. The summed E-state index contributed by atoms with van der Waals surface area (Å²) < 4.78 is 17.3. The fourth-order valence-electron chi connectivity index (χ4n) is 1.29. The summed E-state index contributed by atoms with van der Waals surface area (Å²) in [6, 6.07) is 3.39. The van der Waals surface area contributed by atoms with E-state index in [2.05, 4.69) is 11.3 Å². The van der Waals surface area contributed by atoms with Gasteiger partial charge in [0, 0.05) is 5.56 Å². The first kappa shape index (κ1) is 19.1. The molecule has 0 N–H and O–H groups in total. The molecule has 1 rings (SSSR count). The van der Waals surface area contributed by atoms with Crippen LogP contribution < -0.4 is 0 Å². The molecule has 0 fully saturated rings. The molecule has 0 aliphatic heterocycles. The molecule has 5 heteroatoms. The standard InChI is InChI=1S/C11H10ClFO3.C5H8/c1-2-16-11(15)6-10(14)8-4-3-7(13)5-9(8)12;1-3-5-4-2/h3-5H,2,6H2,1H3;3-5H,1H2,2H3/b;5-4-. The summed E-state index contributed by atoms with van der Waals surface area (Å²) in [5, 5.41) is -0.00528. The fraction of sp³-hybridized carbons (Fsp3) is 0.250. The Labute approximate surface area is 129 Å². The predicted molar refractivity (Wildman–Crippen MR) is 82.0 cm³/mol. The number of carbonyl (C=O) groups excluding carboxylic acids is 2. The largest absolute Gasteiger partial charge is 0.466 e. The Kier molecular flexibility index (Phi) is 9.80. The van der Waals surface area contributed by atoms with Crippen molar-refractivity contribution >= 4 is 23.4 Å². The van der Waals surface area contributed by atoms with Crippen molar-refractivity contribution in [3.63, 3.8) is 0 Å². The van der Waals surface area contributed by atoms with Crippen LogP contribution in [0.2, 0.25) is 5.02 Å². The van der Waals surface area contributed by atoms with Crippen LogP contribution in [0.4, 0.5) is 4.39 Å². The van der Waals surface area contributed by atoms with E-state index in [9.17, 15) is 14.0 Å². The van der Waals surface area contributed by atoms with E-state index in [4.69, 9.17) is 11.6 Å². The Morgan fingerprint density at radius 1 is 1.43 bits per heavy atom. The van der Waals surface area contributed by atoms with Crippen molar-refractivity contribution in [2.75, 3.05) is 6.61 Å². The van der Waals surface area contributed by atoms with Crippen LogP contribution in [0.3, 0.4) is 0 Å². The van der Waals surface area contributed by atoms with E-state index < -0.39 is 17.6 Å². The molecule has 0 saturated carbocycles.